The Hall–Kier alpha value is -6.77. The molecule has 0 unspecified atom stereocenters. The number of phenols is 1. The highest BCUT2D eigenvalue weighted by Crippen LogP contribution is 2.36. The van der Waals surface area contributed by atoms with Crippen LogP contribution in [0, 0.1) is 11.8 Å². The van der Waals surface area contributed by atoms with E-state index in [1.54, 1.807) is 29.3 Å². The van der Waals surface area contributed by atoms with Crippen LogP contribution >= 0.6 is 0 Å². The number of anilines is 3. The summed E-state index contributed by atoms with van der Waals surface area (Å²) >= 11 is 0. The van der Waals surface area contributed by atoms with Crippen LogP contribution in [0.4, 0.5) is 22.1 Å². The number of β-amino-alcohol motifs (C(OH)–C–C–N with tert-alkyl or cyclic N) is 1. The van der Waals surface area contributed by atoms with Crippen molar-refractivity contribution in [3.8, 4) is 28.3 Å². The molecule has 2 aromatic carbocycles. The number of ether oxygens (including phenoxy) is 2. The third kappa shape index (κ3) is 11.7. The highest BCUT2D eigenvalue weighted by atomic mass is 16.6. The van der Waals surface area contributed by atoms with Crippen LogP contribution < -0.4 is 20.9 Å². The molecular weight excluding hydrogens is 957 g/mol. The van der Waals surface area contributed by atoms with E-state index in [-0.39, 0.29) is 66.9 Å². The fourth-order valence-corrected chi connectivity index (χ4v) is 11.5. The van der Waals surface area contributed by atoms with Crippen molar-refractivity contribution in [1.29, 1.82) is 0 Å². The molecule has 10 rings (SSSR count). The van der Waals surface area contributed by atoms with E-state index in [9.17, 15) is 24.6 Å². The predicted molar refractivity (Wildman–Crippen MR) is 282 cm³/mol. The molecule has 0 spiro atoms. The second-order valence-electron chi connectivity index (χ2n) is 21.6. The monoisotopic (exact) mass is 1030 g/mol. The number of amides is 3. The molecule has 75 heavy (non-hydrogen) atoms. The van der Waals surface area contributed by atoms with Gasteiger partial charge in [-0.1, -0.05) is 55.4 Å². The highest BCUT2D eigenvalue weighted by Gasteiger charge is 2.44. The van der Waals surface area contributed by atoms with Gasteiger partial charge in [0.2, 0.25) is 11.8 Å². The van der Waals surface area contributed by atoms with Gasteiger partial charge in [-0.15, -0.1) is 10.2 Å². The van der Waals surface area contributed by atoms with E-state index in [0.717, 1.165) is 86.7 Å². The normalized spacial score (nSPS) is 22.8. The minimum atomic E-state index is -0.812. The molecule has 20 heteroatoms. The number of nitrogen functional groups attached to an aromatic ring is 1. The number of hydrogen-bond donors (Lipinski definition) is 4. The largest absolute Gasteiger partial charge is 0.507 e. The second kappa shape index (κ2) is 22.6. The lowest BCUT2D eigenvalue weighted by Gasteiger charge is -2.41. The van der Waals surface area contributed by atoms with E-state index in [2.05, 4.69) is 40.5 Å². The molecule has 4 atom stereocenters. The maximum Gasteiger partial charge on any atom is 0.410 e. The van der Waals surface area contributed by atoms with E-state index in [1.165, 1.54) is 4.90 Å². The Morgan fingerprint density at radius 2 is 1.57 bits per heavy atom. The summed E-state index contributed by atoms with van der Waals surface area (Å²) in [6.07, 6.45) is 6.42. The molecule has 5 fully saturated rings. The molecule has 5 N–H and O–H groups in total. The predicted octanol–water partition coefficient (Wildman–Crippen LogP) is 5.59. The zero-order valence-corrected chi connectivity index (χ0v) is 43.5. The third-order valence-electron chi connectivity index (χ3n) is 16.1. The fourth-order valence-electron chi connectivity index (χ4n) is 11.5. The molecule has 3 aromatic heterocycles. The van der Waals surface area contributed by atoms with Crippen molar-refractivity contribution >= 4 is 35.2 Å². The first kappa shape index (κ1) is 51.7. The number of aromatic hydroxyl groups is 1. The SMILES string of the molecule is CC(C)[C@@H](C(=O)N1C[C@H](O)C[C@H]1C(=O)N[C@@H](C)c1ccc(-c2ccnn2C)cc1)c1cc(N2CCC(CN3CCC(OC4CC(OC(=O)N5CCN(c6cc(-c7ccccc7O)nnc6N)CC5)C4)CC3)CC2)no1. The Morgan fingerprint density at radius 1 is 0.840 bits per heavy atom. The van der Waals surface area contributed by atoms with Gasteiger partial charge in [-0.25, -0.2) is 4.79 Å². The number of likely N-dealkylation sites (tertiary alicyclic amines) is 2. The number of benzene rings is 2. The van der Waals surface area contributed by atoms with Gasteiger partial charge in [0.25, 0.3) is 0 Å². The first-order chi connectivity index (χ1) is 36.2. The van der Waals surface area contributed by atoms with Crippen molar-refractivity contribution in [2.45, 2.75) is 108 Å². The summed E-state index contributed by atoms with van der Waals surface area (Å²) in [5.74, 6) is 0.820. The van der Waals surface area contributed by atoms with Crippen molar-refractivity contribution in [3.05, 3.63) is 84.3 Å². The van der Waals surface area contributed by atoms with Gasteiger partial charge < -0.3 is 59.8 Å². The van der Waals surface area contributed by atoms with Gasteiger partial charge in [0.1, 0.15) is 23.8 Å². The van der Waals surface area contributed by atoms with Crippen LogP contribution in [0.5, 0.6) is 5.75 Å². The maximum absolute atomic E-state index is 14.4. The number of nitrogens with two attached hydrogens (primary N) is 1. The molecule has 0 radical (unpaired) electrons. The van der Waals surface area contributed by atoms with E-state index in [0.29, 0.717) is 67.8 Å². The standard InChI is InChI=1S/C55H72N12O8/c1-34(2)51(54(71)67-33-39(68)27-47(67)53(70)58-35(3)37-9-11-38(12-10-37)45-13-18-57-62(45)4)49-31-50(61-75-49)65-21-14-36(15-22-65)32-63-19-16-40(17-20-63)73-41-28-42(29-41)74-55(72)66-25-23-64(24-26-66)46-30-44(59-60-52(46)56)43-7-5-6-8-48(43)69/h5-13,18,30-31,34-36,39-42,47,51,68-69H,14-17,19-29,32-33H2,1-4H3,(H2,56,60)(H,58,70)/t35-,39+,41?,42?,47-,51+/m0/s1. The Balaban J connectivity index is 0.624. The number of nitrogens with zero attached hydrogens (tertiary/aromatic N) is 10. The Kier molecular flexibility index (Phi) is 15.6. The number of piperazine rings is 1. The summed E-state index contributed by atoms with van der Waals surface area (Å²) in [4.78, 5) is 51.4. The first-order valence-electron chi connectivity index (χ1n) is 26.8. The van der Waals surface area contributed by atoms with Crippen LogP contribution in [0.2, 0.25) is 0 Å². The molecule has 400 valence electrons. The van der Waals surface area contributed by atoms with Crippen LogP contribution in [-0.4, -0.2) is 164 Å². The zero-order valence-electron chi connectivity index (χ0n) is 43.5. The van der Waals surface area contributed by atoms with Gasteiger partial charge in [0.15, 0.2) is 17.4 Å². The molecule has 1 saturated carbocycles. The Bertz CT molecular complexity index is 2760. The number of aromatic nitrogens is 5. The average molecular weight is 1030 g/mol. The average Bonchev–Trinajstić information content (AvgIpc) is 4.17. The van der Waals surface area contributed by atoms with Crippen molar-refractivity contribution in [1.82, 2.24) is 45.2 Å². The van der Waals surface area contributed by atoms with Crippen molar-refractivity contribution in [3.63, 3.8) is 0 Å². The maximum atomic E-state index is 14.4. The van der Waals surface area contributed by atoms with Crippen molar-refractivity contribution < 1.29 is 38.6 Å². The molecule has 5 aromatic rings. The number of phenolic OH excluding ortho intramolecular Hbond substituents is 1. The topological polar surface area (TPSA) is 234 Å². The van der Waals surface area contributed by atoms with Crippen LogP contribution in [0.3, 0.4) is 0 Å². The summed E-state index contributed by atoms with van der Waals surface area (Å²) in [6, 6.07) is 19.5. The lowest BCUT2D eigenvalue weighted by molar-refractivity contribution is -0.141. The summed E-state index contributed by atoms with van der Waals surface area (Å²) < 4.78 is 20.1. The summed E-state index contributed by atoms with van der Waals surface area (Å²) in [6.45, 7) is 12.8. The molecule has 0 bridgehead atoms. The number of para-hydroxylation sites is 1. The number of aryl methyl sites for hydroxylation is 1. The Labute approximate surface area is 438 Å². The number of aliphatic hydroxyl groups excluding tert-OH is 1. The summed E-state index contributed by atoms with van der Waals surface area (Å²) in [5, 5.41) is 41.2. The molecule has 4 saturated heterocycles. The van der Waals surface area contributed by atoms with Gasteiger partial charge in [0, 0.05) is 110 Å². The number of rotatable bonds is 15. The molecule has 7 heterocycles. The number of aliphatic hydroxyl groups is 1. The van der Waals surface area contributed by atoms with Crippen LogP contribution in [0.15, 0.2) is 77.4 Å². The first-order valence-corrected chi connectivity index (χ1v) is 26.8. The molecule has 4 aliphatic heterocycles. The lowest BCUT2D eigenvalue weighted by atomic mass is 9.91. The van der Waals surface area contributed by atoms with Gasteiger partial charge in [-0.2, -0.15) is 5.10 Å². The van der Waals surface area contributed by atoms with Crippen molar-refractivity contribution in [2.75, 3.05) is 81.0 Å². The minimum absolute atomic E-state index is 0.0739. The van der Waals surface area contributed by atoms with Crippen LogP contribution in [0.1, 0.15) is 89.0 Å². The zero-order chi connectivity index (χ0) is 52.3. The quantitative estimate of drug-likeness (QED) is 0.100. The minimum Gasteiger partial charge on any atom is -0.507 e. The summed E-state index contributed by atoms with van der Waals surface area (Å²) in [5.41, 5.74) is 11.0. The molecule has 1 aliphatic carbocycles. The number of hydrogen-bond acceptors (Lipinski definition) is 16. The number of carbonyl (C=O) groups excluding carboxylic acids is 3. The highest BCUT2D eigenvalue weighted by molar-refractivity contribution is 5.91. The second-order valence-corrected chi connectivity index (χ2v) is 21.6. The van der Waals surface area contributed by atoms with Crippen LogP contribution in [-0.2, 0) is 26.1 Å². The number of piperidine rings is 2. The van der Waals surface area contributed by atoms with Crippen molar-refractivity contribution in [2.24, 2.45) is 18.9 Å². The van der Waals surface area contributed by atoms with E-state index >= 15 is 0 Å². The number of carbonyl (C=O) groups is 3. The van der Waals surface area contributed by atoms with E-state index < -0.39 is 18.1 Å². The van der Waals surface area contributed by atoms with E-state index in [4.69, 9.17) is 19.7 Å². The van der Waals surface area contributed by atoms with E-state index in [1.807, 2.05) is 81.0 Å². The molecule has 3 amide bonds. The molecular formula is C55H72N12O8. The number of nitrogens with one attached hydrogen (secondary N) is 1. The van der Waals surface area contributed by atoms with Gasteiger partial charge in [-0.3, -0.25) is 14.3 Å². The van der Waals surface area contributed by atoms with Gasteiger partial charge in [-0.05, 0) is 79.8 Å². The van der Waals surface area contributed by atoms with Gasteiger partial charge in [0.05, 0.1) is 41.4 Å². The van der Waals surface area contributed by atoms with Crippen LogP contribution in [0.25, 0.3) is 22.5 Å². The fraction of sp³-hybridized carbons (Fsp3) is 0.545. The molecule has 20 nitrogen and oxygen atoms in total. The lowest BCUT2D eigenvalue weighted by Crippen LogP contribution is -2.51. The van der Waals surface area contributed by atoms with Gasteiger partial charge >= 0.3 is 6.09 Å². The third-order valence-corrected chi connectivity index (χ3v) is 16.1. The Morgan fingerprint density at radius 3 is 2.27 bits per heavy atom. The molecule has 5 aliphatic rings. The smallest absolute Gasteiger partial charge is 0.410 e. The summed E-state index contributed by atoms with van der Waals surface area (Å²) in [7, 11) is 1.90.